The Kier molecular flexibility index (Phi) is 5.24. The Morgan fingerprint density at radius 2 is 1.66 bits per heavy atom. The van der Waals surface area contributed by atoms with Crippen molar-refractivity contribution < 1.29 is 22.7 Å². The van der Waals surface area contributed by atoms with Crippen LogP contribution in [0.1, 0.15) is 23.7 Å². The smallest absolute Gasteiger partial charge is 0.438 e. The number of carbonyl (C=O) groups is 1. The van der Waals surface area contributed by atoms with Crippen LogP contribution in [0.3, 0.4) is 0 Å². The van der Waals surface area contributed by atoms with E-state index >= 15 is 0 Å². The van der Waals surface area contributed by atoms with Gasteiger partial charge in [0, 0.05) is 6.20 Å². The second-order valence-electron chi connectivity index (χ2n) is 7.65. The fourth-order valence-electron chi connectivity index (χ4n) is 3.80. The van der Waals surface area contributed by atoms with Crippen LogP contribution in [-0.2, 0) is 10.3 Å². The van der Waals surface area contributed by atoms with Gasteiger partial charge in [-0.3, -0.25) is 14.7 Å². The van der Waals surface area contributed by atoms with Crippen LogP contribution in [-0.4, -0.2) is 23.0 Å². The Balaban J connectivity index is 2.06. The van der Waals surface area contributed by atoms with E-state index in [4.69, 9.17) is 4.74 Å². The van der Waals surface area contributed by atoms with Crippen molar-refractivity contribution >= 4 is 23.2 Å². The zero-order valence-electron chi connectivity index (χ0n) is 17.6. The largest absolute Gasteiger partial charge is 0.471 e. The number of para-hydroxylation sites is 3. The van der Waals surface area contributed by atoms with Crippen molar-refractivity contribution in [3.05, 3.63) is 83.7 Å². The number of carbonyl (C=O) groups excluding carboxylic acids is 1. The molecule has 8 heteroatoms. The van der Waals surface area contributed by atoms with Crippen molar-refractivity contribution in [1.82, 2.24) is 4.98 Å². The first-order valence-corrected chi connectivity index (χ1v) is 9.89. The molecule has 0 N–H and O–H groups in total. The van der Waals surface area contributed by atoms with Crippen LogP contribution in [0.25, 0.3) is 0 Å². The number of amides is 1. The highest BCUT2D eigenvalue weighted by atomic mass is 19.4. The van der Waals surface area contributed by atoms with Crippen molar-refractivity contribution in [2.24, 2.45) is 4.99 Å². The molecule has 3 aromatic rings. The minimum absolute atomic E-state index is 0.0107. The Hall–Kier alpha value is -3.68. The number of ether oxygens (including phenoxy) is 1. The molecule has 1 aliphatic heterocycles. The molecule has 0 bridgehead atoms. The molecule has 2 heterocycles. The van der Waals surface area contributed by atoms with Crippen molar-refractivity contribution in [2.45, 2.75) is 32.5 Å². The van der Waals surface area contributed by atoms with Gasteiger partial charge in [-0.25, -0.2) is 4.99 Å². The van der Waals surface area contributed by atoms with E-state index in [0.29, 0.717) is 10.6 Å². The third-order valence-corrected chi connectivity index (χ3v) is 5.44. The van der Waals surface area contributed by atoms with Gasteiger partial charge in [0.25, 0.3) is 0 Å². The van der Waals surface area contributed by atoms with E-state index in [2.05, 4.69) is 9.98 Å². The van der Waals surface area contributed by atoms with Crippen molar-refractivity contribution in [1.29, 1.82) is 0 Å². The summed E-state index contributed by atoms with van der Waals surface area (Å²) in [5, 5.41) is 0. The molecule has 5 nitrogen and oxygen atoms in total. The Morgan fingerprint density at radius 3 is 2.28 bits per heavy atom. The van der Waals surface area contributed by atoms with E-state index in [-0.39, 0.29) is 23.0 Å². The molecule has 32 heavy (non-hydrogen) atoms. The molecule has 1 atom stereocenters. The summed E-state index contributed by atoms with van der Waals surface area (Å²) in [7, 11) is 0. The van der Waals surface area contributed by atoms with Gasteiger partial charge in [-0.1, -0.05) is 36.4 Å². The van der Waals surface area contributed by atoms with Crippen LogP contribution in [0.2, 0.25) is 0 Å². The van der Waals surface area contributed by atoms with Crippen LogP contribution in [0, 0.1) is 13.8 Å². The number of hydrogen-bond acceptors (Lipinski definition) is 4. The highest BCUT2D eigenvalue weighted by Gasteiger charge is 2.56. The number of aliphatic imine (C=N–C) groups is 1. The number of halogens is 3. The molecule has 0 saturated heterocycles. The van der Waals surface area contributed by atoms with Crippen LogP contribution in [0.5, 0.6) is 5.75 Å². The summed E-state index contributed by atoms with van der Waals surface area (Å²) in [6.07, 6.45) is -3.67. The Morgan fingerprint density at radius 1 is 1.00 bits per heavy atom. The molecule has 2 aromatic carbocycles. The fraction of sp³-hybridized carbons (Fsp3) is 0.208. The second kappa shape index (κ2) is 7.78. The van der Waals surface area contributed by atoms with Gasteiger partial charge in [0.1, 0.15) is 0 Å². The van der Waals surface area contributed by atoms with Crippen LogP contribution < -0.4 is 9.64 Å². The maximum absolute atomic E-state index is 13.8. The summed E-state index contributed by atoms with van der Waals surface area (Å²) >= 11 is 0. The molecular weight excluding hydrogens is 419 g/mol. The average Bonchev–Trinajstić information content (AvgIpc) is 2.76. The highest BCUT2D eigenvalue weighted by molar-refractivity contribution is 6.10. The number of benzene rings is 2. The monoisotopic (exact) mass is 439 g/mol. The van der Waals surface area contributed by atoms with Gasteiger partial charge in [0.15, 0.2) is 11.3 Å². The van der Waals surface area contributed by atoms with Gasteiger partial charge in [-0.2, -0.15) is 13.2 Å². The molecular formula is C24H20F3N3O2. The Bertz CT molecular complexity index is 1190. The zero-order valence-corrected chi connectivity index (χ0v) is 17.6. The van der Waals surface area contributed by atoms with Gasteiger partial charge in [0.05, 0.1) is 17.1 Å². The number of aryl methyl sites for hydroxylation is 2. The van der Waals surface area contributed by atoms with Crippen molar-refractivity contribution in [3.63, 3.8) is 0 Å². The predicted octanol–water partition coefficient (Wildman–Crippen LogP) is 5.63. The lowest BCUT2D eigenvalue weighted by Crippen LogP contribution is -2.60. The molecule has 0 aliphatic carbocycles. The predicted molar refractivity (Wildman–Crippen MR) is 115 cm³/mol. The van der Waals surface area contributed by atoms with E-state index in [1.165, 1.54) is 25.3 Å². The molecule has 4 rings (SSSR count). The summed E-state index contributed by atoms with van der Waals surface area (Å²) in [5.74, 6) is -2.01. The number of anilines is 1. The third kappa shape index (κ3) is 3.51. The van der Waals surface area contributed by atoms with Crippen LogP contribution in [0.4, 0.5) is 24.5 Å². The molecule has 0 fully saturated rings. The van der Waals surface area contributed by atoms with E-state index in [1.807, 2.05) is 32.0 Å². The number of rotatable bonds is 2. The lowest BCUT2D eigenvalue weighted by Gasteiger charge is -2.44. The van der Waals surface area contributed by atoms with E-state index < -0.39 is 17.6 Å². The van der Waals surface area contributed by atoms with Crippen molar-refractivity contribution in [2.75, 3.05) is 4.90 Å². The first-order valence-electron chi connectivity index (χ1n) is 9.89. The first-order chi connectivity index (χ1) is 15.1. The molecule has 1 amide bonds. The molecule has 164 valence electrons. The molecule has 1 aromatic heterocycles. The lowest BCUT2D eigenvalue weighted by atomic mass is 9.90. The number of nitrogens with zero attached hydrogens (tertiary/aromatic N) is 3. The van der Waals surface area contributed by atoms with E-state index in [1.54, 1.807) is 30.3 Å². The van der Waals surface area contributed by atoms with E-state index in [0.717, 1.165) is 11.1 Å². The SMILES string of the molecule is Cc1cccc(C)c1N=C1Oc2ccccc2N(C(=O)C(F)(F)F)[C@@]1(C)c1ccccn1. The van der Waals surface area contributed by atoms with Gasteiger partial charge in [-0.05, 0) is 56.2 Å². The maximum atomic E-state index is 13.8. The first kappa shape index (κ1) is 21.5. The van der Waals surface area contributed by atoms with Crippen molar-refractivity contribution in [3.8, 4) is 5.75 Å². The number of alkyl halides is 3. The van der Waals surface area contributed by atoms with Crippen LogP contribution >= 0.6 is 0 Å². The summed E-state index contributed by atoms with van der Waals surface area (Å²) in [4.78, 5) is 22.4. The highest BCUT2D eigenvalue weighted by Crippen LogP contribution is 2.46. The maximum Gasteiger partial charge on any atom is 0.471 e. The fourth-order valence-corrected chi connectivity index (χ4v) is 3.80. The molecule has 1 aliphatic rings. The molecule has 0 radical (unpaired) electrons. The van der Waals surface area contributed by atoms with Gasteiger partial charge >= 0.3 is 12.1 Å². The summed E-state index contributed by atoms with van der Waals surface area (Å²) in [6, 6.07) is 16.5. The number of aromatic nitrogens is 1. The lowest BCUT2D eigenvalue weighted by molar-refractivity contribution is -0.171. The average molecular weight is 439 g/mol. The Labute approximate surface area is 183 Å². The van der Waals surface area contributed by atoms with Crippen LogP contribution in [0.15, 0.2) is 71.9 Å². The minimum atomic E-state index is -5.12. The number of fused-ring (bicyclic) bond motifs is 1. The molecule has 0 unspecified atom stereocenters. The summed E-state index contributed by atoms with van der Waals surface area (Å²) < 4.78 is 47.4. The number of pyridine rings is 1. The second-order valence-corrected chi connectivity index (χ2v) is 7.65. The van der Waals surface area contributed by atoms with Gasteiger partial charge in [0.2, 0.25) is 5.90 Å². The number of hydrogen-bond donors (Lipinski definition) is 0. The van der Waals surface area contributed by atoms with Gasteiger partial charge < -0.3 is 4.74 Å². The van der Waals surface area contributed by atoms with E-state index in [9.17, 15) is 18.0 Å². The minimum Gasteiger partial charge on any atom is -0.438 e. The topological polar surface area (TPSA) is 54.8 Å². The standard InChI is InChI=1S/C24H20F3N3O2/c1-15-9-8-10-16(2)20(15)29-21-23(3,19-13-6-7-14-28-19)30(22(31)24(25,26)27)17-11-4-5-12-18(17)32-21/h4-14H,1-3H3/t23-/m0/s1. The molecule has 0 saturated carbocycles. The quantitative estimate of drug-likeness (QED) is 0.520. The normalized spacial score (nSPS) is 19.4. The zero-order chi connectivity index (χ0) is 23.1. The molecule has 0 spiro atoms. The third-order valence-electron chi connectivity index (χ3n) is 5.44. The summed E-state index contributed by atoms with van der Waals surface area (Å²) in [5.41, 5.74) is 0.620. The summed E-state index contributed by atoms with van der Waals surface area (Å²) in [6.45, 7) is 5.15. The van der Waals surface area contributed by atoms with Gasteiger partial charge in [-0.15, -0.1) is 0 Å².